The Morgan fingerprint density at radius 2 is 1.75 bits per heavy atom. The molecule has 0 aromatic carbocycles. The minimum absolute atomic E-state index is 0.127. The van der Waals surface area contributed by atoms with E-state index in [2.05, 4.69) is 28.4 Å². The third-order valence-electron chi connectivity index (χ3n) is 2.24. The Balaban J connectivity index is 5.35. The summed E-state index contributed by atoms with van der Waals surface area (Å²) in [4.78, 5) is 23.4. The molecule has 0 aliphatic heterocycles. The molecule has 0 bridgehead atoms. The summed E-state index contributed by atoms with van der Waals surface area (Å²) in [7, 11) is 2.45. The summed E-state index contributed by atoms with van der Waals surface area (Å²) in [6.45, 7) is 6.91. The van der Waals surface area contributed by atoms with Crippen LogP contribution in [0.5, 0.6) is 0 Å². The molecule has 0 N–H and O–H groups in total. The van der Waals surface area contributed by atoms with Crippen LogP contribution in [0.15, 0.2) is 31.0 Å². The first-order chi connectivity index (χ1) is 7.58. The summed E-state index contributed by atoms with van der Waals surface area (Å²) in [5.74, 6) is -1.29. The molecule has 0 aromatic rings. The van der Waals surface area contributed by atoms with Crippen LogP contribution in [0.2, 0.25) is 0 Å². The number of rotatable bonds is 6. The fraction of sp³-hybridized carbons (Fsp3) is 0.417. The Morgan fingerprint density at radius 1 is 1.25 bits per heavy atom. The molecule has 0 radical (unpaired) electrons. The monoisotopic (exact) mass is 224 g/mol. The lowest BCUT2D eigenvalue weighted by Gasteiger charge is -2.25. The third-order valence-corrected chi connectivity index (χ3v) is 2.24. The van der Waals surface area contributed by atoms with Crippen molar-refractivity contribution >= 4 is 11.9 Å². The topological polar surface area (TPSA) is 52.6 Å². The highest BCUT2D eigenvalue weighted by Gasteiger charge is 2.46. The molecule has 0 spiro atoms. The molecule has 0 atom stereocenters. The van der Waals surface area contributed by atoms with E-state index in [1.165, 1.54) is 26.4 Å². The van der Waals surface area contributed by atoms with Crippen LogP contribution < -0.4 is 0 Å². The van der Waals surface area contributed by atoms with Gasteiger partial charge >= 0.3 is 11.9 Å². The standard InChI is InChI=1S/C12H16O4/c1-5-7-9-12(8-6-2,10(13)15-3)11(14)16-4/h6-7H,1-2,8-9H2,3-4H3. The second kappa shape index (κ2) is 6.64. The average Bonchev–Trinajstić information content (AvgIpc) is 2.32. The highest BCUT2D eigenvalue weighted by molar-refractivity contribution is 6.00. The van der Waals surface area contributed by atoms with Gasteiger partial charge in [-0.2, -0.15) is 0 Å². The van der Waals surface area contributed by atoms with Crippen molar-refractivity contribution in [3.05, 3.63) is 31.0 Å². The van der Waals surface area contributed by atoms with Crippen LogP contribution in [0.4, 0.5) is 0 Å². The third kappa shape index (κ3) is 2.84. The minimum Gasteiger partial charge on any atom is -0.468 e. The zero-order valence-corrected chi connectivity index (χ0v) is 9.62. The Bertz CT molecular complexity index is 308. The van der Waals surface area contributed by atoms with E-state index in [9.17, 15) is 9.59 Å². The van der Waals surface area contributed by atoms with Crippen molar-refractivity contribution in [2.75, 3.05) is 14.2 Å². The van der Waals surface area contributed by atoms with Gasteiger partial charge in [0, 0.05) is 0 Å². The summed E-state index contributed by atoms with van der Waals surface area (Å²) in [6, 6.07) is 0. The predicted molar refractivity (Wildman–Crippen MR) is 59.6 cm³/mol. The van der Waals surface area contributed by atoms with Crippen LogP contribution in [-0.4, -0.2) is 26.2 Å². The number of esters is 2. The van der Waals surface area contributed by atoms with Crippen LogP contribution in [-0.2, 0) is 19.1 Å². The number of hydrogen-bond donors (Lipinski definition) is 0. The summed E-state index contributed by atoms with van der Waals surface area (Å²) in [5, 5.41) is 0. The van der Waals surface area contributed by atoms with Gasteiger partial charge in [0.2, 0.25) is 0 Å². The van der Waals surface area contributed by atoms with Crippen molar-refractivity contribution in [1.82, 2.24) is 0 Å². The molecule has 0 rings (SSSR count). The number of allylic oxidation sites excluding steroid dienone is 2. The maximum atomic E-state index is 11.7. The van der Waals surface area contributed by atoms with Gasteiger partial charge in [-0.1, -0.05) is 12.7 Å². The van der Waals surface area contributed by atoms with E-state index in [1.807, 2.05) is 0 Å². The second-order valence-electron chi connectivity index (χ2n) is 3.17. The van der Waals surface area contributed by atoms with Crippen molar-refractivity contribution in [3.8, 4) is 0 Å². The van der Waals surface area contributed by atoms with E-state index >= 15 is 0 Å². The zero-order valence-electron chi connectivity index (χ0n) is 9.62. The van der Waals surface area contributed by atoms with Gasteiger partial charge in [-0.3, -0.25) is 9.59 Å². The number of carbonyl (C=O) groups excluding carboxylic acids is 2. The molecule has 4 heteroatoms. The van der Waals surface area contributed by atoms with E-state index in [0.717, 1.165) is 0 Å². The smallest absolute Gasteiger partial charge is 0.323 e. The van der Waals surface area contributed by atoms with Crippen molar-refractivity contribution in [1.29, 1.82) is 0 Å². The van der Waals surface area contributed by atoms with E-state index in [4.69, 9.17) is 0 Å². The molecular weight excluding hydrogens is 208 g/mol. The minimum atomic E-state index is -1.38. The lowest BCUT2D eigenvalue weighted by molar-refractivity contribution is -0.168. The first-order valence-electron chi connectivity index (χ1n) is 4.71. The van der Waals surface area contributed by atoms with Crippen molar-refractivity contribution < 1.29 is 19.1 Å². The van der Waals surface area contributed by atoms with Crippen LogP contribution in [0.25, 0.3) is 0 Å². The highest BCUT2D eigenvalue weighted by atomic mass is 16.5. The highest BCUT2D eigenvalue weighted by Crippen LogP contribution is 2.31. The maximum absolute atomic E-state index is 11.7. The van der Waals surface area contributed by atoms with Crippen molar-refractivity contribution in [2.45, 2.75) is 12.8 Å². The van der Waals surface area contributed by atoms with Gasteiger partial charge in [0.05, 0.1) is 14.2 Å². The first-order valence-corrected chi connectivity index (χ1v) is 4.71. The summed E-state index contributed by atoms with van der Waals surface area (Å²) >= 11 is 0. The number of ether oxygens (including phenoxy) is 2. The zero-order chi connectivity index (χ0) is 12.6. The molecule has 0 amide bonds. The van der Waals surface area contributed by atoms with Gasteiger partial charge < -0.3 is 9.47 Å². The normalized spacial score (nSPS) is 9.88. The van der Waals surface area contributed by atoms with Crippen LogP contribution in [0.3, 0.4) is 0 Å². The molecule has 16 heavy (non-hydrogen) atoms. The fourth-order valence-electron chi connectivity index (χ4n) is 1.38. The SMILES string of the molecule is C=C=CCC(CC=C)(C(=O)OC)C(=O)OC. The van der Waals surface area contributed by atoms with E-state index in [0.29, 0.717) is 0 Å². The van der Waals surface area contributed by atoms with E-state index in [-0.39, 0.29) is 12.8 Å². The number of carbonyl (C=O) groups is 2. The molecule has 4 nitrogen and oxygen atoms in total. The quantitative estimate of drug-likeness (QED) is 0.298. The molecule has 88 valence electrons. The lowest BCUT2D eigenvalue weighted by atomic mass is 9.81. The Labute approximate surface area is 95.2 Å². The molecular formula is C12H16O4. The van der Waals surface area contributed by atoms with Crippen molar-refractivity contribution in [2.24, 2.45) is 5.41 Å². The Hall–Kier alpha value is -1.80. The molecule has 0 saturated heterocycles. The van der Waals surface area contributed by atoms with E-state index in [1.54, 1.807) is 0 Å². The number of hydrogen-bond acceptors (Lipinski definition) is 4. The predicted octanol–water partition coefficient (Wildman–Crippen LogP) is 1.63. The maximum Gasteiger partial charge on any atom is 0.323 e. The molecule has 0 unspecified atom stereocenters. The van der Waals surface area contributed by atoms with Gasteiger partial charge in [0.1, 0.15) is 0 Å². The van der Waals surface area contributed by atoms with Crippen LogP contribution >= 0.6 is 0 Å². The summed E-state index contributed by atoms with van der Waals surface area (Å²) in [5.41, 5.74) is 1.14. The molecule has 0 aromatic heterocycles. The second-order valence-corrected chi connectivity index (χ2v) is 3.17. The first kappa shape index (κ1) is 14.2. The largest absolute Gasteiger partial charge is 0.468 e. The molecule has 0 fully saturated rings. The van der Waals surface area contributed by atoms with Crippen molar-refractivity contribution in [3.63, 3.8) is 0 Å². The molecule has 0 aliphatic rings. The molecule has 0 aliphatic carbocycles. The van der Waals surface area contributed by atoms with Gasteiger partial charge in [-0.05, 0) is 18.9 Å². The fourth-order valence-corrected chi connectivity index (χ4v) is 1.38. The Morgan fingerprint density at radius 3 is 2.06 bits per heavy atom. The Kier molecular flexibility index (Phi) is 5.89. The lowest BCUT2D eigenvalue weighted by Crippen LogP contribution is -2.40. The summed E-state index contributed by atoms with van der Waals surface area (Å²) in [6.07, 6.45) is 3.24. The van der Waals surface area contributed by atoms with Crippen LogP contribution in [0, 0.1) is 5.41 Å². The number of methoxy groups -OCH3 is 2. The van der Waals surface area contributed by atoms with Crippen LogP contribution in [0.1, 0.15) is 12.8 Å². The summed E-state index contributed by atoms with van der Waals surface area (Å²) < 4.78 is 9.27. The van der Waals surface area contributed by atoms with Gasteiger partial charge in [-0.15, -0.1) is 12.3 Å². The molecule has 0 heterocycles. The molecule has 0 saturated carbocycles. The average molecular weight is 224 g/mol. The van der Waals surface area contributed by atoms with Gasteiger partial charge in [0.25, 0.3) is 0 Å². The van der Waals surface area contributed by atoms with Gasteiger partial charge in [-0.25, -0.2) is 0 Å². The van der Waals surface area contributed by atoms with Gasteiger partial charge in [0.15, 0.2) is 5.41 Å². The van der Waals surface area contributed by atoms with E-state index < -0.39 is 17.4 Å².